The van der Waals surface area contributed by atoms with E-state index in [-0.39, 0.29) is 17.9 Å². The topological polar surface area (TPSA) is 78.6 Å². The normalized spacial score (nSPS) is 17.7. The lowest BCUT2D eigenvalue weighted by Crippen LogP contribution is -2.53. The molecule has 0 fully saturated rings. The van der Waals surface area contributed by atoms with Crippen molar-refractivity contribution in [3.63, 3.8) is 0 Å². The van der Waals surface area contributed by atoms with E-state index in [0.29, 0.717) is 6.54 Å². The van der Waals surface area contributed by atoms with Crippen molar-refractivity contribution in [2.45, 2.75) is 39.3 Å². The zero-order valence-electron chi connectivity index (χ0n) is 11.9. The zero-order valence-corrected chi connectivity index (χ0v) is 11.9. The van der Waals surface area contributed by atoms with E-state index in [1.165, 1.54) is 0 Å². The van der Waals surface area contributed by atoms with E-state index < -0.39 is 11.6 Å². The van der Waals surface area contributed by atoms with Crippen LogP contribution in [-0.2, 0) is 4.79 Å². The number of nitrogens with zero attached hydrogens (tertiary/aromatic N) is 1. The maximum absolute atomic E-state index is 11.8. The minimum atomic E-state index is -0.948. The molecule has 5 nitrogen and oxygen atoms in total. The van der Waals surface area contributed by atoms with Gasteiger partial charge in [0.2, 0.25) is 5.91 Å². The fourth-order valence-electron chi connectivity index (χ4n) is 1.52. The lowest BCUT2D eigenvalue weighted by atomic mass is 9.87. The fraction of sp³-hybridized carbons (Fsp3) is 0.917. The fourth-order valence-corrected chi connectivity index (χ4v) is 1.52. The van der Waals surface area contributed by atoms with Crippen LogP contribution in [0.4, 0.5) is 0 Å². The number of aliphatic hydroxyl groups is 1. The maximum Gasteiger partial charge on any atom is 0.237 e. The van der Waals surface area contributed by atoms with Crippen molar-refractivity contribution in [3.8, 4) is 0 Å². The molecule has 0 aromatic carbocycles. The van der Waals surface area contributed by atoms with Gasteiger partial charge >= 0.3 is 0 Å². The molecule has 102 valence electrons. The molecule has 17 heavy (non-hydrogen) atoms. The average molecular weight is 245 g/mol. The van der Waals surface area contributed by atoms with Crippen LogP contribution >= 0.6 is 0 Å². The molecule has 0 saturated carbocycles. The third-order valence-electron chi connectivity index (χ3n) is 2.52. The summed E-state index contributed by atoms with van der Waals surface area (Å²) in [5.74, 6) is -0.225. The summed E-state index contributed by atoms with van der Waals surface area (Å²) in [4.78, 5) is 13.6. The first-order valence-corrected chi connectivity index (χ1v) is 5.86. The van der Waals surface area contributed by atoms with Crippen LogP contribution < -0.4 is 11.1 Å². The van der Waals surface area contributed by atoms with E-state index in [9.17, 15) is 9.90 Å². The van der Waals surface area contributed by atoms with Gasteiger partial charge in [-0.3, -0.25) is 4.79 Å². The van der Waals surface area contributed by atoms with Gasteiger partial charge in [-0.2, -0.15) is 0 Å². The maximum atomic E-state index is 11.8. The van der Waals surface area contributed by atoms with Crippen molar-refractivity contribution in [2.24, 2.45) is 11.1 Å². The van der Waals surface area contributed by atoms with Crippen LogP contribution in [0.2, 0.25) is 0 Å². The van der Waals surface area contributed by atoms with Gasteiger partial charge in [0.1, 0.15) is 0 Å². The van der Waals surface area contributed by atoms with Gasteiger partial charge in [0.25, 0.3) is 0 Å². The van der Waals surface area contributed by atoms with Gasteiger partial charge in [0.15, 0.2) is 0 Å². The molecule has 0 heterocycles. The third-order valence-corrected chi connectivity index (χ3v) is 2.52. The Morgan fingerprint density at radius 3 is 2.18 bits per heavy atom. The van der Waals surface area contributed by atoms with Gasteiger partial charge in [0, 0.05) is 13.1 Å². The van der Waals surface area contributed by atoms with Crippen molar-refractivity contribution in [1.29, 1.82) is 0 Å². The molecule has 4 N–H and O–H groups in total. The van der Waals surface area contributed by atoms with Gasteiger partial charge < -0.3 is 21.1 Å². The zero-order chi connectivity index (χ0) is 13.9. The molecule has 0 aromatic rings. The summed E-state index contributed by atoms with van der Waals surface area (Å²) in [6, 6.07) is -0.572. The molecule has 0 spiro atoms. The van der Waals surface area contributed by atoms with Crippen molar-refractivity contribution in [3.05, 3.63) is 0 Å². The number of nitrogens with two attached hydrogens (primary N) is 1. The summed E-state index contributed by atoms with van der Waals surface area (Å²) in [7, 11) is 3.74. The molecule has 0 aromatic heterocycles. The molecule has 0 rings (SSSR count). The van der Waals surface area contributed by atoms with Crippen molar-refractivity contribution in [2.75, 3.05) is 27.2 Å². The predicted molar refractivity (Wildman–Crippen MR) is 69.6 cm³/mol. The first-order valence-electron chi connectivity index (χ1n) is 5.86. The number of rotatable bonds is 5. The lowest BCUT2D eigenvalue weighted by Gasteiger charge is -2.30. The van der Waals surface area contributed by atoms with Gasteiger partial charge in [-0.15, -0.1) is 0 Å². The molecule has 1 amide bonds. The summed E-state index contributed by atoms with van der Waals surface area (Å²) in [5.41, 5.74) is 4.59. The van der Waals surface area contributed by atoms with E-state index in [4.69, 9.17) is 5.73 Å². The van der Waals surface area contributed by atoms with Crippen LogP contribution in [0.5, 0.6) is 0 Å². The van der Waals surface area contributed by atoms with Gasteiger partial charge in [0.05, 0.1) is 11.6 Å². The highest BCUT2D eigenvalue weighted by Gasteiger charge is 2.29. The molecule has 0 bridgehead atoms. The molecule has 1 unspecified atom stereocenters. The number of hydrogen-bond acceptors (Lipinski definition) is 4. The number of likely N-dealkylation sites (N-methyl/N-ethyl adjacent to an activating group) is 1. The Morgan fingerprint density at radius 2 is 1.82 bits per heavy atom. The quantitative estimate of drug-likeness (QED) is 0.626. The third kappa shape index (κ3) is 6.61. The Labute approximate surface area is 104 Å². The second-order valence-corrected chi connectivity index (χ2v) is 6.30. The summed E-state index contributed by atoms with van der Waals surface area (Å²) >= 11 is 0. The van der Waals surface area contributed by atoms with Crippen LogP contribution in [0.25, 0.3) is 0 Å². The molecule has 0 aliphatic rings. The smallest absolute Gasteiger partial charge is 0.237 e. The molecule has 2 atom stereocenters. The Hall–Kier alpha value is -0.650. The second kappa shape index (κ2) is 5.80. The van der Waals surface area contributed by atoms with Crippen LogP contribution in [0, 0.1) is 5.41 Å². The van der Waals surface area contributed by atoms with Gasteiger partial charge in [-0.25, -0.2) is 0 Å². The van der Waals surface area contributed by atoms with Crippen LogP contribution in [-0.4, -0.2) is 54.7 Å². The van der Waals surface area contributed by atoms with Gasteiger partial charge in [-0.05, 0) is 26.4 Å². The highest BCUT2D eigenvalue weighted by molar-refractivity contribution is 5.82. The van der Waals surface area contributed by atoms with E-state index in [0.717, 1.165) is 0 Å². The first kappa shape index (κ1) is 16.4. The summed E-state index contributed by atoms with van der Waals surface area (Å²) in [5, 5.41) is 12.7. The molecular weight excluding hydrogens is 218 g/mol. The van der Waals surface area contributed by atoms with Crippen molar-refractivity contribution in [1.82, 2.24) is 10.2 Å². The SMILES string of the molecule is CN(C)CC(C)(O)CNC(=O)[C@@H](N)C(C)(C)C. The number of carbonyl (C=O) groups is 1. The number of nitrogens with one attached hydrogen (secondary N) is 1. The summed E-state index contributed by atoms with van der Waals surface area (Å²) in [6.45, 7) is 8.11. The van der Waals surface area contributed by atoms with Crippen LogP contribution in [0.3, 0.4) is 0 Å². The molecule has 0 radical (unpaired) electrons. The van der Waals surface area contributed by atoms with Gasteiger partial charge in [-0.1, -0.05) is 20.8 Å². The Bertz CT molecular complexity index is 257. The largest absolute Gasteiger partial charge is 0.387 e. The monoisotopic (exact) mass is 245 g/mol. The second-order valence-electron chi connectivity index (χ2n) is 6.30. The van der Waals surface area contributed by atoms with Crippen molar-refractivity contribution >= 4 is 5.91 Å². The highest BCUT2D eigenvalue weighted by Crippen LogP contribution is 2.17. The minimum Gasteiger partial charge on any atom is -0.387 e. The van der Waals surface area contributed by atoms with Crippen LogP contribution in [0.15, 0.2) is 0 Å². The average Bonchev–Trinajstić information content (AvgIpc) is 2.09. The first-order chi connectivity index (χ1) is 7.46. The lowest BCUT2D eigenvalue weighted by molar-refractivity contribution is -0.125. The number of amides is 1. The number of carbonyl (C=O) groups excluding carboxylic acids is 1. The molecule has 0 saturated heterocycles. The van der Waals surface area contributed by atoms with Crippen molar-refractivity contribution < 1.29 is 9.90 Å². The standard InChI is InChI=1S/C12H27N3O2/c1-11(2,3)9(13)10(16)14-7-12(4,17)8-15(5)6/h9,17H,7-8,13H2,1-6H3,(H,14,16)/t9-,12?/m1/s1. The minimum absolute atomic E-state index is 0.202. The molecule has 5 heteroatoms. The van der Waals surface area contributed by atoms with E-state index in [1.54, 1.807) is 6.92 Å². The Morgan fingerprint density at radius 1 is 1.35 bits per heavy atom. The van der Waals surface area contributed by atoms with E-state index in [1.807, 2.05) is 39.8 Å². The number of hydrogen-bond donors (Lipinski definition) is 3. The predicted octanol–water partition coefficient (Wildman–Crippen LogP) is -0.211. The van der Waals surface area contributed by atoms with Crippen LogP contribution in [0.1, 0.15) is 27.7 Å². The molecular formula is C12H27N3O2. The Kier molecular flexibility index (Phi) is 5.58. The summed E-state index contributed by atoms with van der Waals surface area (Å²) < 4.78 is 0. The summed E-state index contributed by atoms with van der Waals surface area (Å²) in [6.07, 6.45) is 0. The van der Waals surface area contributed by atoms with E-state index in [2.05, 4.69) is 5.32 Å². The molecule has 0 aliphatic heterocycles. The Balaban J connectivity index is 4.25. The van der Waals surface area contributed by atoms with E-state index >= 15 is 0 Å². The molecule has 0 aliphatic carbocycles. The highest BCUT2D eigenvalue weighted by atomic mass is 16.3.